The fraction of sp³-hybridized carbons (Fsp3) is 0.600. The molecule has 1 aromatic heterocycles. The molecule has 0 bridgehead atoms. The van der Waals surface area contributed by atoms with Crippen LogP contribution in [0.2, 0.25) is 0 Å². The second-order valence-corrected chi connectivity index (χ2v) is 5.39. The molecule has 0 spiro atoms. The van der Waals surface area contributed by atoms with Crippen LogP contribution in [0.4, 0.5) is 0 Å². The molecule has 2 rings (SSSR count). The second-order valence-electron chi connectivity index (χ2n) is 5.39. The van der Waals surface area contributed by atoms with Gasteiger partial charge in [0.25, 0.3) is 5.91 Å². The highest BCUT2D eigenvalue weighted by Crippen LogP contribution is 2.08. The zero-order valence-corrected chi connectivity index (χ0v) is 13.6. The van der Waals surface area contributed by atoms with E-state index in [1.807, 2.05) is 6.92 Å². The van der Waals surface area contributed by atoms with E-state index in [-0.39, 0.29) is 24.2 Å². The maximum atomic E-state index is 11.8. The van der Waals surface area contributed by atoms with Gasteiger partial charge >= 0.3 is 0 Å². The van der Waals surface area contributed by atoms with E-state index in [1.54, 1.807) is 6.07 Å². The highest BCUT2D eigenvalue weighted by atomic mass is 35.5. The first-order valence-corrected chi connectivity index (χ1v) is 7.49. The van der Waals surface area contributed by atoms with E-state index in [1.165, 1.54) is 6.26 Å². The van der Waals surface area contributed by atoms with Crippen LogP contribution in [0.15, 0.2) is 16.7 Å². The zero-order chi connectivity index (χ0) is 15.1. The lowest BCUT2D eigenvalue weighted by Crippen LogP contribution is -2.33. The van der Waals surface area contributed by atoms with Crippen molar-refractivity contribution in [1.82, 2.24) is 16.0 Å². The molecule has 7 heteroatoms. The van der Waals surface area contributed by atoms with Gasteiger partial charge in [0.15, 0.2) is 5.76 Å². The Morgan fingerprint density at radius 1 is 1.36 bits per heavy atom. The van der Waals surface area contributed by atoms with Crippen LogP contribution in [0, 0.1) is 6.92 Å². The predicted octanol–water partition coefficient (Wildman–Crippen LogP) is 1.39. The molecule has 2 amide bonds. The first-order valence-electron chi connectivity index (χ1n) is 7.49. The van der Waals surface area contributed by atoms with Crippen molar-refractivity contribution in [2.45, 2.75) is 38.6 Å². The number of furan rings is 1. The van der Waals surface area contributed by atoms with Crippen molar-refractivity contribution in [2.24, 2.45) is 0 Å². The molecule has 124 valence electrons. The average molecular weight is 330 g/mol. The van der Waals surface area contributed by atoms with Crippen molar-refractivity contribution < 1.29 is 14.0 Å². The lowest BCUT2D eigenvalue weighted by atomic mass is 10.1. The zero-order valence-electron chi connectivity index (χ0n) is 12.8. The minimum absolute atomic E-state index is 0. The van der Waals surface area contributed by atoms with Crippen molar-refractivity contribution in [2.75, 3.05) is 19.6 Å². The average Bonchev–Trinajstić information content (AvgIpc) is 3.09. The first kappa shape index (κ1) is 18.5. The molecular formula is C15H24ClN3O3. The lowest BCUT2D eigenvalue weighted by molar-refractivity contribution is -0.121. The Bertz CT molecular complexity index is 484. The smallest absolute Gasteiger partial charge is 0.287 e. The minimum Gasteiger partial charge on any atom is -0.459 e. The molecule has 1 saturated heterocycles. The minimum atomic E-state index is -0.209. The van der Waals surface area contributed by atoms with Crippen LogP contribution < -0.4 is 16.0 Å². The van der Waals surface area contributed by atoms with Crippen molar-refractivity contribution in [3.05, 3.63) is 23.7 Å². The van der Waals surface area contributed by atoms with E-state index in [2.05, 4.69) is 16.0 Å². The fourth-order valence-electron chi connectivity index (χ4n) is 2.43. The maximum absolute atomic E-state index is 11.8. The Morgan fingerprint density at radius 2 is 2.14 bits per heavy atom. The van der Waals surface area contributed by atoms with Crippen LogP contribution in [0.1, 0.15) is 41.8 Å². The molecule has 0 aromatic carbocycles. The fourth-order valence-corrected chi connectivity index (χ4v) is 2.43. The molecule has 0 aliphatic carbocycles. The monoisotopic (exact) mass is 329 g/mol. The number of halogens is 1. The summed E-state index contributed by atoms with van der Waals surface area (Å²) < 4.78 is 5.11. The first-order chi connectivity index (χ1) is 10.2. The number of aryl methyl sites for hydroxylation is 1. The molecule has 1 atom stereocenters. The maximum Gasteiger partial charge on any atom is 0.287 e. The van der Waals surface area contributed by atoms with Gasteiger partial charge in [-0.15, -0.1) is 12.4 Å². The number of rotatable bonds is 7. The summed E-state index contributed by atoms with van der Waals surface area (Å²) in [7, 11) is 0. The largest absolute Gasteiger partial charge is 0.459 e. The molecule has 0 saturated carbocycles. The van der Waals surface area contributed by atoms with Crippen molar-refractivity contribution in [3.63, 3.8) is 0 Å². The quantitative estimate of drug-likeness (QED) is 0.660. The Morgan fingerprint density at radius 3 is 2.77 bits per heavy atom. The van der Waals surface area contributed by atoms with Crippen LogP contribution in [0.5, 0.6) is 0 Å². The Balaban J connectivity index is 0.00000242. The van der Waals surface area contributed by atoms with Gasteiger partial charge in [-0.05, 0) is 38.8 Å². The normalized spacial score (nSPS) is 16.9. The summed E-state index contributed by atoms with van der Waals surface area (Å²) in [6.45, 7) is 3.93. The van der Waals surface area contributed by atoms with Crippen molar-refractivity contribution >= 4 is 24.2 Å². The van der Waals surface area contributed by atoms with Gasteiger partial charge in [0.1, 0.15) is 0 Å². The van der Waals surface area contributed by atoms with Gasteiger partial charge in [0, 0.05) is 31.1 Å². The van der Waals surface area contributed by atoms with Crippen LogP contribution in [0.3, 0.4) is 0 Å². The Labute approximate surface area is 136 Å². The number of carbonyl (C=O) groups excluding carboxylic acids is 2. The van der Waals surface area contributed by atoms with Gasteiger partial charge in [0.2, 0.25) is 5.91 Å². The topological polar surface area (TPSA) is 83.4 Å². The Hall–Kier alpha value is -1.53. The number of hydrogen-bond donors (Lipinski definition) is 3. The molecule has 2 heterocycles. The molecule has 1 fully saturated rings. The molecule has 1 aromatic rings. The summed E-state index contributed by atoms with van der Waals surface area (Å²) in [5.41, 5.74) is 0.824. The summed E-state index contributed by atoms with van der Waals surface area (Å²) in [6, 6.07) is 2.08. The third-order valence-corrected chi connectivity index (χ3v) is 3.62. The third kappa shape index (κ3) is 5.69. The number of nitrogens with one attached hydrogen (secondary N) is 3. The summed E-state index contributed by atoms with van der Waals surface area (Å²) in [6.07, 6.45) is 4.97. The molecule has 6 nitrogen and oxygen atoms in total. The van der Waals surface area contributed by atoms with E-state index >= 15 is 0 Å². The van der Waals surface area contributed by atoms with Crippen molar-refractivity contribution in [3.8, 4) is 0 Å². The molecule has 0 radical (unpaired) electrons. The van der Waals surface area contributed by atoms with E-state index < -0.39 is 0 Å². The molecule has 3 N–H and O–H groups in total. The predicted molar refractivity (Wildman–Crippen MR) is 86.3 cm³/mol. The van der Waals surface area contributed by atoms with Gasteiger partial charge in [-0.25, -0.2) is 0 Å². The van der Waals surface area contributed by atoms with Gasteiger partial charge < -0.3 is 20.4 Å². The van der Waals surface area contributed by atoms with Crippen LogP contribution >= 0.6 is 12.4 Å². The summed E-state index contributed by atoms with van der Waals surface area (Å²) >= 11 is 0. The van der Waals surface area contributed by atoms with Gasteiger partial charge in [-0.3, -0.25) is 9.59 Å². The Kier molecular flexibility index (Phi) is 7.98. The van der Waals surface area contributed by atoms with E-state index in [0.717, 1.165) is 24.9 Å². The van der Waals surface area contributed by atoms with Crippen LogP contribution in [-0.2, 0) is 4.79 Å². The van der Waals surface area contributed by atoms with E-state index in [0.29, 0.717) is 37.7 Å². The number of carbonyl (C=O) groups is 2. The second kappa shape index (κ2) is 9.48. The lowest BCUT2D eigenvalue weighted by Gasteiger charge is -2.10. The number of hydrogen-bond acceptors (Lipinski definition) is 4. The molecule has 1 aliphatic heterocycles. The molecule has 22 heavy (non-hydrogen) atoms. The summed E-state index contributed by atoms with van der Waals surface area (Å²) in [5.74, 6) is 0.216. The highest BCUT2D eigenvalue weighted by Gasteiger charge is 2.17. The third-order valence-electron chi connectivity index (χ3n) is 3.62. The van der Waals surface area contributed by atoms with Crippen LogP contribution in [-0.4, -0.2) is 37.5 Å². The van der Waals surface area contributed by atoms with Crippen molar-refractivity contribution in [1.29, 1.82) is 0 Å². The van der Waals surface area contributed by atoms with Crippen LogP contribution in [0.25, 0.3) is 0 Å². The highest BCUT2D eigenvalue weighted by molar-refractivity contribution is 5.92. The van der Waals surface area contributed by atoms with E-state index in [9.17, 15) is 9.59 Å². The molecular weight excluding hydrogens is 306 g/mol. The summed E-state index contributed by atoms with van der Waals surface area (Å²) in [4.78, 5) is 23.4. The molecule has 1 unspecified atom stereocenters. The summed E-state index contributed by atoms with van der Waals surface area (Å²) in [5, 5.41) is 8.95. The van der Waals surface area contributed by atoms with Gasteiger partial charge in [0.05, 0.1) is 6.26 Å². The van der Waals surface area contributed by atoms with E-state index in [4.69, 9.17) is 4.42 Å². The van der Waals surface area contributed by atoms with Gasteiger partial charge in [-0.2, -0.15) is 0 Å². The standard InChI is InChI=1S/C15H23N3O3.ClH/c1-11-5-9-21-14(11)15(20)18-8-3-7-17-13(19)10-12-4-2-6-16-12;/h5,9,12,16H,2-4,6-8,10H2,1H3,(H,17,19)(H,18,20);1H. The SMILES string of the molecule is Cc1ccoc1C(=O)NCCCNC(=O)CC1CCCN1.Cl. The molecule has 1 aliphatic rings. The number of amides is 2. The van der Waals surface area contributed by atoms with Gasteiger partial charge in [-0.1, -0.05) is 0 Å².